The minimum absolute atomic E-state index is 0.0406. The lowest BCUT2D eigenvalue weighted by atomic mass is 9.78. The van der Waals surface area contributed by atoms with Gasteiger partial charge in [0.2, 0.25) is 15.9 Å². The normalized spacial score (nSPS) is 22.0. The number of amides is 1. The van der Waals surface area contributed by atoms with Crippen molar-refractivity contribution in [3.05, 3.63) is 58.9 Å². The van der Waals surface area contributed by atoms with Gasteiger partial charge in [-0.05, 0) is 87.5 Å². The monoisotopic (exact) mass is 644 g/mol. The summed E-state index contributed by atoms with van der Waals surface area (Å²) in [4.78, 5) is 20.3. The highest BCUT2D eigenvalue weighted by Crippen LogP contribution is 2.40. The molecular weight excluding hydrogens is 595 g/mol. The number of piperazine rings is 1. The fraction of sp³-hybridized carbons (Fsp3) is 0.618. The zero-order chi connectivity index (χ0) is 32.2. The first-order valence-electron chi connectivity index (χ1n) is 16.3. The fourth-order valence-electron chi connectivity index (χ4n) is 7.47. The highest BCUT2D eigenvalue weighted by atomic mass is 32.2. The number of likely N-dealkylation sites (N-methyl/N-ethyl adjacent to an activating group) is 1. The van der Waals surface area contributed by atoms with Crippen LogP contribution >= 0.6 is 0 Å². The highest BCUT2D eigenvalue weighted by molar-refractivity contribution is 7.89. The molecular formula is C34H49FN4O5S. The topological polar surface area (TPSA) is 82.6 Å². The third-order valence-electron chi connectivity index (χ3n) is 9.99. The van der Waals surface area contributed by atoms with Crippen LogP contribution in [0, 0.1) is 19.7 Å². The van der Waals surface area contributed by atoms with E-state index in [9.17, 15) is 17.6 Å². The molecule has 0 aromatic heterocycles. The van der Waals surface area contributed by atoms with E-state index in [1.165, 1.54) is 6.07 Å². The average Bonchev–Trinajstić information content (AvgIpc) is 3.03. The summed E-state index contributed by atoms with van der Waals surface area (Å²) >= 11 is 0. The smallest absolute Gasteiger partial charge is 0.243 e. The molecule has 1 atom stereocenters. The van der Waals surface area contributed by atoms with Crippen molar-refractivity contribution in [3.8, 4) is 5.75 Å². The van der Waals surface area contributed by atoms with Gasteiger partial charge in [0.15, 0.2) is 0 Å². The second kappa shape index (κ2) is 14.5. The van der Waals surface area contributed by atoms with Crippen LogP contribution in [0.25, 0.3) is 0 Å². The van der Waals surface area contributed by atoms with Crippen LogP contribution in [0.3, 0.4) is 0 Å². The number of hydrogen-bond donors (Lipinski definition) is 0. The van der Waals surface area contributed by atoms with E-state index in [0.717, 1.165) is 63.8 Å². The van der Waals surface area contributed by atoms with Gasteiger partial charge in [-0.2, -0.15) is 4.31 Å². The fourth-order valence-corrected chi connectivity index (χ4v) is 9.57. The number of rotatable bonds is 10. The number of hydrogen-bond acceptors (Lipinski definition) is 7. The number of benzene rings is 2. The summed E-state index contributed by atoms with van der Waals surface area (Å²) in [6.07, 6.45) is 4.23. The predicted octanol–water partition coefficient (Wildman–Crippen LogP) is 4.17. The van der Waals surface area contributed by atoms with Crippen molar-refractivity contribution in [1.29, 1.82) is 0 Å². The van der Waals surface area contributed by atoms with Gasteiger partial charge in [-0.15, -0.1) is 0 Å². The molecule has 0 N–H and O–H groups in total. The first-order valence-corrected chi connectivity index (χ1v) is 17.7. The molecule has 1 unspecified atom stereocenters. The predicted molar refractivity (Wildman–Crippen MR) is 172 cm³/mol. The van der Waals surface area contributed by atoms with Crippen molar-refractivity contribution in [2.75, 3.05) is 73.2 Å². The number of carbonyl (C=O) groups is 1. The summed E-state index contributed by atoms with van der Waals surface area (Å²) in [5.74, 6) is 0.453. The Morgan fingerprint density at radius 1 is 0.978 bits per heavy atom. The Morgan fingerprint density at radius 2 is 1.67 bits per heavy atom. The second-order valence-electron chi connectivity index (χ2n) is 12.9. The Balaban J connectivity index is 1.17. The summed E-state index contributed by atoms with van der Waals surface area (Å²) < 4.78 is 54.9. The molecule has 3 aliphatic rings. The van der Waals surface area contributed by atoms with Crippen LogP contribution in [-0.4, -0.2) is 113 Å². The number of ether oxygens (including phenoxy) is 2. The number of sulfonamides is 1. The standard InChI is InChI=1S/C34H49FN4O5S/c1-26-22-31(43-4)23-27(2)33(26)45(41,42)39-14-6-5-10-30(39)25-44-21-11-32(40)37-15-12-34(13-16-37,28-8-7-9-29(35)24-28)38-19-17-36(3)18-20-38/h7-9,22-24,30H,5-6,10-21,25H2,1-4H3. The molecule has 0 saturated carbocycles. The number of aryl methyl sites for hydroxylation is 2. The van der Waals surface area contributed by atoms with E-state index in [-0.39, 0.29) is 42.9 Å². The van der Waals surface area contributed by atoms with Crippen LogP contribution in [-0.2, 0) is 25.1 Å². The van der Waals surface area contributed by atoms with Gasteiger partial charge in [0, 0.05) is 57.4 Å². The van der Waals surface area contributed by atoms with Crippen LogP contribution in [0.2, 0.25) is 0 Å². The summed E-state index contributed by atoms with van der Waals surface area (Å²) in [5, 5.41) is 0. The third kappa shape index (κ3) is 7.38. The SMILES string of the molecule is COc1cc(C)c(S(=O)(=O)N2CCCCC2COCCC(=O)N2CCC(c3cccc(F)c3)(N3CCN(C)CC3)CC2)c(C)c1. The number of carbonyl (C=O) groups excluding carboxylic acids is 1. The van der Waals surface area contributed by atoms with E-state index in [1.807, 2.05) is 11.0 Å². The van der Waals surface area contributed by atoms with Gasteiger partial charge in [0.1, 0.15) is 11.6 Å². The number of likely N-dealkylation sites (tertiary alicyclic amines) is 1. The third-order valence-corrected chi connectivity index (χ3v) is 12.3. The molecule has 2 aromatic carbocycles. The molecule has 248 valence electrons. The Hall–Kier alpha value is -2.57. The molecule has 3 heterocycles. The summed E-state index contributed by atoms with van der Waals surface area (Å²) in [7, 11) is -0.0222. The van der Waals surface area contributed by atoms with Crippen LogP contribution < -0.4 is 4.74 Å². The summed E-state index contributed by atoms with van der Waals surface area (Å²) in [6.45, 7) is 9.55. The average molecular weight is 645 g/mol. The number of nitrogens with zero attached hydrogens (tertiary/aromatic N) is 4. The zero-order valence-electron chi connectivity index (χ0n) is 27.3. The lowest BCUT2D eigenvalue weighted by Crippen LogP contribution is -2.59. The second-order valence-corrected chi connectivity index (χ2v) is 14.7. The van der Waals surface area contributed by atoms with E-state index < -0.39 is 10.0 Å². The lowest BCUT2D eigenvalue weighted by Gasteiger charge is -2.51. The molecule has 3 saturated heterocycles. The Labute approximate surface area is 268 Å². The summed E-state index contributed by atoms with van der Waals surface area (Å²) in [5.41, 5.74) is 2.04. The largest absolute Gasteiger partial charge is 0.497 e. The molecule has 0 radical (unpaired) electrons. The molecule has 2 aromatic rings. The Bertz CT molecular complexity index is 1410. The minimum atomic E-state index is -3.72. The van der Waals surface area contributed by atoms with Gasteiger partial charge >= 0.3 is 0 Å². The Morgan fingerprint density at radius 3 is 2.31 bits per heavy atom. The van der Waals surface area contributed by atoms with Gasteiger partial charge in [-0.3, -0.25) is 9.69 Å². The minimum Gasteiger partial charge on any atom is -0.497 e. The van der Waals surface area contributed by atoms with Crippen LogP contribution in [0.4, 0.5) is 4.39 Å². The van der Waals surface area contributed by atoms with Crippen LogP contribution in [0.5, 0.6) is 5.75 Å². The van der Waals surface area contributed by atoms with E-state index in [4.69, 9.17) is 9.47 Å². The zero-order valence-corrected chi connectivity index (χ0v) is 28.1. The first kappa shape index (κ1) is 33.8. The molecule has 0 bridgehead atoms. The van der Waals surface area contributed by atoms with Crippen molar-refractivity contribution in [2.24, 2.45) is 0 Å². The van der Waals surface area contributed by atoms with E-state index >= 15 is 0 Å². The van der Waals surface area contributed by atoms with Crippen molar-refractivity contribution in [1.82, 2.24) is 19.0 Å². The van der Waals surface area contributed by atoms with Crippen molar-refractivity contribution in [3.63, 3.8) is 0 Å². The maximum Gasteiger partial charge on any atom is 0.243 e. The van der Waals surface area contributed by atoms with Gasteiger partial charge in [0.05, 0.1) is 31.6 Å². The van der Waals surface area contributed by atoms with Gasteiger partial charge in [-0.1, -0.05) is 18.6 Å². The van der Waals surface area contributed by atoms with Gasteiger partial charge < -0.3 is 19.3 Å². The van der Waals surface area contributed by atoms with Crippen LogP contribution in [0.15, 0.2) is 41.3 Å². The number of halogens is 1. The molecule has 1 amide bonds. The van der Waals surface area contributed by atoms with E-state index in [0.29, 0.717) is 41.4 Å². The first-order chi connectivity index (χ1) is 21.5. The highest BCUT2D eigenvalue weighted by Gasteiger charge is 2.43. The number of methoxy groups -OCH3 is 1. The molecule has 3 aliphatic heterocycles. The van der Waals surface area contributed by atoms with Crippen molar-refractivity contribution in [2.45, 2.75) is 68.8 Å². The molecule has 45 heavy (non-hydrogen) atoms. The molecule has 9 nitrogen and oxygen atoms in total. The van der Waals surface area contributed by atoms with E-state index in [1.54, 1.807) is 49.5 Å². The quantitative estimate of drug-likeness (QED) is 0.360. The molecule has 11 heteroatoms. The van der Waals surface area contributed by atoms with Crippen LogP contribution in [0.1, 0.15) is 55.2 Å². The van der Waals surface area contributed by atoms with Crippen molar-refractivity contribution >= 4 is 15.9 Å². The number of piperidine rings is 2. The molecule has 0 aliphatic carbocycles. The molecule has 5 rings (SSSR count). The van der Waals surface area contributed by atoms with E-state index in [2.05, 4.69) is 16.8 Å². The lowest BCUT2D eigenvalue weighted by molar-refractivity contribution is -0.135. The van der Waals surface area contributed by atoms with Crippen molar-refractivity contribution < 1.29 is 27.1 Å². The Kier molecular flexibility index (Phi) is 10.9. The maximum absolute atomic E-state index is 14.3. The van der Waals surface area contributed by atoms with Gasteiger partial charge in [0.25, 0.3) is 0 Å². The van der Waals surface area contributed by atoms with Gasteiger partial charge in [-0.25, -0.2) is 12.8 Å². The maximum atomic E-state index is 14.3. The summed E-state index contributed by atoms with van der Waals surface area (Å²) in [6, 6.07) is 10.2. The molecule has 0 spiro atoms. The molecule has 3 fully saturated rings.